The van der Waals surface area contributed by atoms with Gasteiger partial charge in [-0.15, -0.1) is 0 Å². The lowest BCUT2D eigenvalue weighted by Crippen LogP contribution is -2.39. The minimum atomic E-state index is -0.451. The molecule has 1 N–H and O–H groups in total. The van der Waals surface area contributed by atoms with E-state index in [2.05, 4.69) is 44.3 Å². The number of nitrogens with zero attached hydrogens (tertiary/aromatic N) is 1. The quantitative estimate of drug-likeness (QED) is 0.896. The van der Waals surface area contributed by atoms with E-state index >= 15 is 0 Å². The SMILES string of the molecule is CC(C)C(C)Nc1ccc2c(c1)CN(C(=O)OC(C)(C)C)CC2. The van der Waals surface area contributed by atoms with Crippen molar-refractivity contribution in [3.63, 3.8) is 0 Å². The third-order valence-corrected chi connectivity index (χ3v) is 4.26. The van der Waals surface area contributed by atoms with Crippen LogP contribution in [0, 0.1) is 5.92 Å². The Labute approximate surface area is 140 Å². The van der Waals surface area contributed by atoms with E-state index in [-0.39, 0.29) is 6.09 Å². The highest BCUT2D eigenvalue weighted by Gasteiger charge is 2.25. The van der Waals surface area contributed by atoms with Crippen LogP contribution in [0.4, 0.5) is 10.5 Å². The van der Waals surface area contributed by atoms with Gasteiger partial charge in [-0.3, -0.25) is 0 Å². The zero-order chi connectivity index (χ0) is 17.2. The van der Waals surface area contributed by atoms with Crippen molar-refractivity contribution in [1.82, 2.24) is 4.90 Å². The second-order valence-electron chi connectivity index (χ2n) is 7.81. The van der Waals surface area contributed by atoms with Crippen LogP contribution in [0.2, 0.25) is 0 Å². The summed E-state index contributed by atoms with van der Waals surface area (Å²) >= 11 is 0. The van der Waals surface area contributed by atoms with Gasteiger partial charge >= 0.3 is 6.09 Å². The third kappa shape index (κ3) is 4.88. The fraction of sp³-hybridized carbons (Fsp3) is 0.632. The number of carbonyl (C=O) groups is 1. The fourth-order valence-electron chi connectivity index (χ4n) is 2.56. The van der Waals surface area contributed by atoms with Crippen molar-refractivity contribution in [2.24, 2.45) is 5.92 Å². The average Bonchev–Trinajstić information content (AvgIpc) is 2.44. The predicted molar refractivity (Wildman–Crippen MR) is 94.7 cm³/mol. The Morgan fingerprint density at radius 3 is 2.52 bits per heavy atom. The van der Waals surface area contributed by atoms with Crippen LogP contribution in [0.3, 0.4) is 0 Å². The zero-order valence-corrected chi connectivity index (χ0v) is 15.3. The molecule has 1 aliphatic rings. The normalized spacial score (nSPS) is 16.0. The molecule has 128 valence electrons. The molecule has 2 rings (SSSR count). The average molecular weight is 318 g/mol. The van der Waals surface area contributed by atoms with Gasteiger partial charge in [0.2, 0.25) is 0 Å². The van der Waals surface area contributed by atoms with Crippen molar-refractivity contribution >= 4 is 11.8 Å². The van der Waals surface area contributed by atoms with E-state index in [1.165, 1.54) is 11.1 Å². The summed E-state index contributed by atoms with van der Waals surface area (Å²) in [7, 11) is 0. The Hall–Kier alpha value is -1.71. The Morgan fingerprint density at radius 2 is 1.91 bits per heavy atom. The summed E-state index contributed by atoms with van der Waals surface area (Å²) < 4.78 is 5.49. The van der Waals surface area contributed by atoms with Crippen LogP contribution in [0.5, 0.6) is 0 Å². The molecule has 0 aromatic heterocycles. The summed E-state index contributed by atoms with van der Waals surface area (Å²) in [5, 5.41) is 3.54. The smallest absolute Gasteiger partial charge is 0.410 e. The molecule has 1 unspecified atom stereocenters. The van der Waals surface area contributed by atoms with Crippen LogP contribution >= 0.6 is 0 Å². The molecule has 4 heteroatoms. The van der Waals surface area contributed by atoms with Gasteiger partial charge in [-0.2, -0.15) is 0 Å². The first-order chi connectivity index (χ1) is 10.7. The Bertz CT molecular complexity index is 561. The van der Waals surface area contributed by atoms with Crippen molar-refractivity contribution in [1.29, 1.82) is 0 Å². The first-order valence-corrected chi connectivity index (χ1v) is 8.52. The lowest BCUT2D eigenvalue weighted by atomic mass is 9.98. The van der Waals surface area contributed by atoms with Crippen LogP contribution in [-0.4, -0.2) is 29.2 Å². The molecule has 23 heavy (non-hydrogen) atoms. The second kappa shape index (κ2) is 6.81. The van der Waals surface area contributed by atoms with Gasteiger partial charge in [0.25, 0.3) is 0 Å². The molecule has 0 aliphatic carbocycles. The summed E-state index contributed by atoms with van der Waals surface area (Å²) in [5.41, 5.74) is 3.21. The first-order valence-electron chi connectivity index (χ1n) is 8.52. The predicted octanol–water partition coefficient (Wildman–Crippen LogP) is 4.44. The number of carbonyl (C=O) groups excluding carboxylic acids is 1. The fourth-order valence-corrected chi connectivity index (χ4v) is 2.56. The first kappa shape index (κ1) is 17.6. The highest BCUT2D eigenvalue weighted by molar-refractivity contribution is 5.69. The maximum absolute atomic E-state index is 12.3. The summed E-state index contributed by atoms with van der Waals surface area (Å²) in [5.74, 6) is 0.573. The van der Waals surface area contributed by atoms with E-state index in [4.69, 9.17) is 4.74 Å². The molecule has 0 bridgehead atoms. The number of benzene rings is 1. The van der Waals surface area contributed by atoms with Gasteiger partial charge in [0, 0.05) is 24.8 Å². The van der Waals surface area contributed by atoms with Gasteiger partial charge in [-0.05, 0) is 63.3 Å². The van der Waals surface area contributed by atoms with E-state index in [1.54, 1.807) is 4.90 Å². The van der Waals surface area contributed by atoms with Crippen LogP contribution in [0.25, 0.3) is 0 Å². The highest BCUT2D eigenvalue weighted by atomic mass is 16.6. The van der Waals surface area contributed by atoms with Gasteiger partial charge in [0.1, 0.15) is 5.60 Å². The third-order valence-electron chi connectivity index (χ3n) is 4.26. The van der Waals surface area contributed by atoms with Crippen LogP contribution in [0.15, 0.2) is 18.2 Å². The summed E-state index contributed by atoms with van der Waals surface area (Å²) in [6, 6.07) is 6.90. The topological polar surface area (TPSA) is 41.6 Å². The van der Waals surface area contributed by atoms with Crippen molar-refractivity contribution < 1.29 is 9.53 Å². The highest BCUT2D eigenvalue weighted by Crippen LogP contribution is 2.25. The molecule has 0 spiro atoms. The molecule has 0 radical (unpaired) electrons. The van der Waals surface area contributed by atoms with Crippen LogP contribution < -0.4 is 5.32 Å². The van der Waals surface area contributed by atoms with Crippen LogP contribution in [0.1, 0.15) is 52.7 Å². The van der Waals surface area contributed by atoms with Crippen molar-refractivity contribution in [2.45, 2.75) is 66.2 Å². The number of nitrogens with one attached hydrogen (secondary N) is 1. The maximum atomic E-state index is 12.3. The Balaban J connectivity index is 2.08. The van der Waals surface area contributed by atoms with E-state index < -0.39 is 5.60 Å². The lowest BCUT2D eigenvalue weighted by molar-refractivity contribution is 0.0224. The number of anilines is 1. The summed E-state index contributed by atoms with van der Waals surface area (Å²) in [6.45, 7) is 13.7. The Morgan fingerprint density at radius 1 is 1.22 bits per heavy atom. The number of hydrogen-bond acceptors (Lipinski definition) is 3. The van der Waals surface area contributed by atoms with Gasteiger partial charge in [0.05, 0.1) is 0 Å². The zero-order valence-electron chi connectivity index (χ0n) is 15.3. The molecular weight excluding hydrogens is 288 g/mol. The Kier molecular flexibility index (Phi) is 5.23. The number of ether oxygens (including phenoxy) is 1. The monoisotopic (exact) mass is 318 g/mol. The summed E-state index contributed by atoms with van der Waals surface area (Å²) in [4.78, 5) is 14.1. The van der Waals surface area contributed by atoms with Gasteiger partial charge in [0.15, 0.2) is 0 Å². The number of rotatable bonds is 3. The molecule has 4 nitrogen and oxygen atoms in total. The standard InChI is InChI=1S/C19H30N2O2/c1-13(2)14(3)20-17-8-7-15-9-10-21(12-16(15)11-17)18(22)23-19(4,5)6/h7-8,11,13-14,20H,9-10,12H2,1-6H3. The molecular formula is C19H30N2O2. The molecule has 1 heterocycles. The maximum Gasteiger partial charge on any atom is 0.410 e. The molecule has 1 amide bonds. The molecule has 0 fully saturated rings. The van der Waals surface area contributed by atoms with Gasteiger partial charge in [-0.1, -0.05) is 19.9 Å². The molecule has 0 saturated heterocycles. The second-order valence-corrected chi connectivity index (χ2v) is 7.81. The molecule has 1 aromatic rings. The van der Waals surface area contributed by atoms with Crippen molar-refractivity contribution in [2.75, 3.05) is 11.9 Å². The molecule has 1 aromatic carbocycles. The molecule has 1 atom stereocenters. The van der Waals surface area contributed by atoms with Crippen molar-refractivity contribution in [3.8, 4) is 0 Å². The minimum Gasteiger partial charge on any atom is -0.444 e. The van der Waals surface area contributed by atoms with Crippen molar-refractivity contribution in [3.05, 3.63) is 29.3 Å². The molecule has 1 aliphatic heterocycles. The number of fused-ring (bicyclic) bond motifs is 1. The largest absolute Gasteiger partial charge is 0.444 e. The summed E-state index contributed by atoms with van der Waals surface area (Å²) in [6.07, 6.45) is 0.659. The van der Waals surface area contributed by atoms with E-state index in [1.807, 2.05) is 20.8 Å². The number of amides is 1. The van der Waals surface area contributed by atoms with Crippen LogP contribution in [-0.2, 0) is 17.7 Å². The molecule has 0 saturated carbocycles. The van der Waals surface area contributed by atoms with E-state index in [9.17, 15) is 4.79 Å². The van der Waals surface area contributed by atoms with Gasteiger partial charge < -0.3 is 15.0 Å². The van der Waals surface area contributed by atoms with E-state index in [0.29, 0.717) is 18.5 Å². The van der Waals surface area contributed by atoms with Gasteiger partial charge in [-0.25, -0.2) is 4.79 Å². The minimum absolute atomic E-state index is 0.225. The van der Waals surface area contributed by atoms with E-state index in [0.717, 1.165) is 18.7 Å². The lowest BCUT2D eigenvalue weighted by Gasteiger charge is -2.31. The number of hydrogen-bond donors (Lipinski definition) is 1.